The molecular weight excluding hydrogens is 345 g/mol. The van der Waals surface area contributed by atoms with Gasteiger partial charge in [-0.25, -0.2) is 0 Å². The van der Waals surface area contributed by atoms with Gasteiger partial charge >= 0.3 is 0 Å². The minimum absolute atomic E-state index is 0.0293. The molecule has 1 unspecified atom stereocenters. The minimum atomic E-state index is -1.48. The van der Waals surface area contributed by atoms with Gasteiger partial charge in [-0.1, -0.05) is 29.8 Å². The van der Waals surface area contributed by atoms with Gasteiger partial charge < -0.3 is 0 Å². The Morgan fingerprint density at radius 2 is 1.59 bits per heavy atom. The molecule has 0 amide bonds. The molecule has 0 N–H and O–H groups in total. The number of aryl methyl sites for hydroxylation is 1. The normalized spacial score (nSPS) is 15.0. The van der Waals surface area contributed by atoms with Crippen molar-refractivity contribution in [3.05, 3.63) is 69.8 Å². The molecule has 0 aliphatic carbocycles. The second kappa shape index (κ2) is 7.22. The summed E-state index contributed by atoms with van der Waals surface area (Å²) in [7, 11) is -1.48. The van der Waals surface area contributed by atoms with E-state index in [1.807, 2.05) is 19.1 Å². The number of nitro benzene ring substituents is 1. The van der Waals surface area contributed by atoms with E-state index in [4.69, 9.17) is 23.2 Å². The van der Waals surface area contributed by atoms with Crippen molar-refractivity contribution in [1.82, 2.24) is 0 Å². The number of halogens is 2. The smallest absolute Gasteiger partial charge is 0.258 e. The van der Waals surface area contributed by atoms with E-state index in [2.05, 4.69) is 0 Å². The van der Waals surface area contributed by atoms with Crippen LogP contribution in [-0.4, -0.2) is 13.8 Å². The third kappa shape index (κ3) is 3.85. The van der Waals surface area contributed by atoms with Crippen LogP contribution in [-0.2, 0) is 10.8 Å². The van der Waals surface area contributed by atoms with Crippen molar-refractivity contribution in [2.45, 2.75) is 21.9 Å². The molecule has 0 radical (unpaired) electrons. The quantitative estimate of drug-likeness (QED) is 0.447. The zero-order chi connectivity index (χ0) is 16.3. The standard InChI is InChI=1S/C15H13Cl2NO3S/c1-10-2-8-13(9-3-10)22(21)15(17)14(16)11-4-6-12(7-5-11)18(19)20/h2-9,14-15H,1H3/t14-,15+,22?/m1/s1. The first-order valence-corrected chi connectivity index (χ1v) is 8.48. The molecule has 22 heavy (non-hydrogen) atoms. The number of non-ortho nitro benzene ring substituents is 1. The van der Waals surface area contributed by atoms with Crippen LogP contribution in [0.1, 0.15) is 16.5 Å². The largest absolute Gasteiger partial charge is 0.269 e. The van der Waals surface area contributed by atoms with Crippen LogP contribution in [0.5, 0.6) is 0 Å². The summed E-state index contributed by atoms with van der Waals surface area (Å²) in [6, 6.07) is 13.0. The number of nitrogens with zero attached hydrogens (tertiary/aromatic N) is 1. The number of alkyl halides is 2. The first-order chi connectivity index (χ1) is 10.4. The first kappa shape index (κ1) is 16.9. The highest BCUT2D eigenvalue weighted by molar-refractivity contribution is 7.87. The summed E-state index contributed by atoms with van der Waals surface area (Å²) in [5.41, 5.74) is 1.62. The minimum Gasteiger partial charge on any atom is -0.258 e. The van der Waals surface area contributed by atoms with Crippen LogP contribution in [0.25, 0.3) is 0 Å². The van der Waals surface area contributed by atoms with Crippen molar-refractivity contribution in [2.75, 3.05) is 0 Å². The lowest BCUT2D eigenvalue weighted by atomic mass is 10.1. The van der Waals surface area contributed by atoms with Gasteiger partial charge in [0.15, 0.2) is 0 Å². The molecule has 2 rings (SSSR count). The maximum absolute atomic E-state index is 12.4. The third-order valence-corrected chi connectivity index (χ3v) is 6.05. The molecule has 0 fully saturated rings. The summed E-state index contributed by atoms with van der Waals surface area (Å²) in [5, 5.41) is 9.92. The average molecular weight is 358 g/mol. The van der Waals surface area contributed by atoms with E-state index < -0.39 is 25.8 Å². The van der Waals surface area contributed by atoms with Crippen LogP contribution in [0.3, 0.4) is 0 Å². The van der Waals surface area contributed by atoms with Gasteiger partial charge in [0.2, 0.25) is 0 Å². The SMILES string of the molecule is Cc1ccc(S(=O)[C@H](Cl)[C@H](Cl)c2ccc([N+](=O)[O-])cc2)cc1. The Morgan fingerprint density at radius 3 is 2.09 bits per heavy atom. The van der Waals surface area contributed by atoms with Gasteiger partial charge in [0.1, 0.15) is 4.71 Å². The number of benzene rings is 2. The molecule has 3 atom stereocenters. The first-order valence-electron chi connectivity index (χ1n) is 6.40. The van der Waals surface area contributed by atoms with E-state index in [1.54, 1.807) is 12.1 Å². The molecule has 0 aliphatic rings. The Balaban J connectivity index is 2.17. The van der Waals surface area contributed by atoms with Crippen molar-refractivity contribution in [1.29, 1.82) is 0 Å². The Bertz CT molecular complexity index is 689. The number of rotatable bonds is 5. The molecule has 2 aromatic carbocycles. The van der Waals surface area contributed by atoms with Crippen molar-refractivity contribution in [3.63, 3.8) is 0 Å². The van der Waals surface area contributed by atoms with Gasteiger partial charge in [0, 0.05) is 17.0 Å². The van der Waals surface area contributed by atoms with E-state index in [9.17, 15) is 14.3 Å². The van der Waals surface area contributed by atoms with Crippen LogP contribution in [0.15, 0.2) is 53.4 Å². The lowest BCUT2D eigenvalue weighted by Crippen LogP contribution is -2.14. The van der Waals surface area contributed by atoms with Gasteiger partial charge in [0.25, 0.3) is 5.69 Å². The van der Waals surface area contributed by atoms with Gasteiger partial charge in [-0.15, -0.1) is 23.2 Å². The van der Waals surface area contributed by atoms with Crippen LogP contribution < -0.4 is 0 Å². The Labute approximate surface area is 140 Å². The van der Waals surface area contributed by atoms with Crippen LogP contribution in [0.2, 0.25) is 0 Å². The number of hydrogen-bond donors (Lipinski definition) is 0. The lowest BCUT2D eigenvalue weighted by molar-refractivity contribution is -0.384. The van der Waals surface area contributed by atoms with Gasteiger partial charge in [-0.05, 0) is 24.6 Å². The van der Waals surface area contributed by atoms with Crippen molar-refractivity contribution >= 4 is 39.7 Å². The molecular formula is C15H13Cl2NO3S. The monoisotopic (exact) mass is 357 g/mol. The zero-order valence-electron chi connectivity index (χ0n) is 11.6. The van der Waals surface area contributed by atoms with Crippen LogP contribution >= 0.6 is 23.2 Å². The lowest BCUT2D eigenvalue weighted by Gasteiger charge is -2.16. The average Bonchev–Trinajstić information content (AvgIpc) is 2.53. The van der Waals surface area contributed by atoms with Crippen molar-refractivity contribution < 1.29 is 9.13 Å². The van der Waals surface area contributed by atoms with Gasteiger partial charge in [-0.3, -0.25) is 14.3 Å². The molecule has 0 spiro atoms. The number of hydrogen-bond acceptors (Lipinski definition) is 3. The molecule has 2 aromatic rings. The molecule has 116 valence electrons. The fourth-order valence-electron chi connectivity index (χ4n) is 1.84. The molecule has 0 saturated carbocycles. The van der Waals surface area contributed by atoms with Crippen LogP contribution in [0, 0.1) is 17.0 Å². The molecule has 0 saturated heterocycles. The van der Waals surface area contributed by atoms with E-state index in [0.717, 1.165) is 5.56 Å². The van der Waals surface area contributed by atoms with E-state index in [-0.39, 0.29) is 5.69 Å². The fraction of sp³-hybridized carbons (Fsp3) is 0.200. The summed E-state index contributed by atoms with van der Waals surface area (Å²) in [6.45, 7) is 1.94. The summed E-state index contributed by atoms with van der Waals surface area (Å²) >= 11 is 12.5. The van der Waals surface area contributed by atoms with E-state index in [0.29, 0.717) is 10.5 Å². The van der Waals surface area contributed by atoms with E-state index in [1.165, 1.54) is 24.3 Å². The van der Waals surface area contributed by atoms with Crippen molar-refractivity contribution in [2.24, 2.45) is 0 Å². The second-order valence-corrected chi connectivity index (χ2v) is 7.49. The highest BCUT2D eigenvalue weighted by Crippen LogP contribution is 2.33. The van der Waals surface area contributed by atoms with Crippen molar-refractivity contribution in [3.8, 4) is 0 Å². The van der Waals surface area contributed by atoms with E-state index >= 15 is 0 Å². The molecule has 4 nitrogen and oxygen atoms in total. The molecule has 0 aromatic heterocycles. The fourth-order valence-corrected chi connectivity index (χ4v) is 3.76. The predicted octanol–water partition coefficient (Wildman–Crippen LogP) is 4.56. The molecule has 7 heteroatoms. The topological polar surface area (TPSA) is 60.2 Å². The predicted molar refractivity (Wildman–Crippen MR) is 88.9 cm³/mol. The molecule has 0 bridgehead atoms. The number of nitro groups is 1. The third-order valence-electron chi connectivity index (χ3n) is 3.11. The maximum atomic E-state index is 12.4. The summed E-state index contributed by atoms with van der Waals surface area (Å²) < 4.78 is 11.6. The summed E-state index contributed by atoms with van der Waals surface area (Å²) in [5.74, 6) is 0. The zero-order valence-corrected chi connectivity index (χ0v) is 13.9. The Morgan fingerprint density at radius 1 is 1.05 bits per heavy atom. The van der Waals surface area contributed by atoms with Gasteiger partial charge in [0.05, 0.1) is 21.1 Å². The highest BCUT2D eigenvalue weighted by Gasteiger charge is 2.26. The Kier molecular flexibility index (Phi) is 5.56. The molecule has 0 aliphatic heterocycles. The molecule has 0 heterocycles. The van der Waals surface area contributed by atoms with Crippen LogP contribution in [0.4, 0.5) is 5.69 Å². The highest BCUT2D eigenvalue weighted by atomic mass is 35.5. The second-order valence-electron chi connectivity index (χ2n) is 4.71. The maximum Gasteiger partial charge on any atom is 0.269 e. The Hall–Kier alpha value is -1.43. The summed E-state index contributed by atoms with van der Waals surface area (Å²) in [4.78, 5) is 10.7. The summed E-state index contributed by atoms with van der Waals surface area (Å²) in [6.07, 6.45) is 0. The van der Waals surface area contributed by atoms with Gasteiger partial charge in [-0.2, -0.15) is 0 Å².